The summed E-state index contributed by atoms with van der Waals surface area (Å²) in [5, 5.41) is 7.32. The predicted molar refractivity (Wildman–Crippen MR) is 98.0 cm³/mol. The van der Waals surface area contributed by atoms with Gasteiger partial charge in [0.1, 0.15) is 11.5 Å². The van der Waals surface area contributed by atoms with E-state index < -0.39 is 0 Å². The maximum atomic E-state index is 7.32. The molecule has 0 unspecified atom stereocenters. The van der Waals surface area contributed by atoms with E-state index in [0.717, 1.165) is 11.5 Å². The van der Waals surface area contributed by atoms with Gasteiger partial charge in [0, 0.05) is 6.92 Å². The zero-order valence-corrected chi connectivity index (χ0v) is 20.6. The van der Waals surface area contributed by atoms with Crippen LogP contribution in [0.3, 0.4) is 0 Å². The molecular weight excluding hydrogens is 370 g/mol. The Bertz CT molecular complexity index is 615. The Hall–Kier alpha value is -0.440. The second-order valence-electron chi connectivity index (χ2n) is 4.45. The van der Waals surface area contributed by atoms with Gasteiger partial charge in [-0.25, -0.2) is 0 Å². The third kappa shape index (κ3) is 8.09. The molecule has 24 heavy (non-hydrogen) atoms. The number of ether oxygens (including phenoxy) is 1. The molecule has 0 N–H and O–H groups in total. The predicted octanol–water partition coefficient (Wildman–Crippen LogP) is 1.85. The van der Waals surface area contributed by atoms with E-state index in [1.807, 2.05) is 50.2 Å². The zero-order chi connectivity index (χ0) is 16.4. The number of hydrogen-bond acceptors (Lipinski definition) is 3. The molecule has 0 radical (unpaired) electrons. The molecule has 0 fully saturated rings. The van der Waals surface area contributed by atoms with Crippen molar-refractivity contribution in [1.82, 2.24) is 0 Å². The molecule has 0 saturated carbocycles. The topological polar surface area (TPSA) is 42.2 Å². The van der Waals surface area contributed by atoms with E-state index in [2.05, 4.69) is 19.0 Å². The van der Waals surface area contributed by atoms with Crippen LogP contribution in [0.15, 0.2) is 48.5 Å². The number of nitriles is 1. The van der Waals surface area contributed by atoms with Crippen molar-refractivity contribution in [2.75, 3.05) is 0 Å². The minimum absolute atomic E-state index is 0. The summed E-state index contributed by atoms with van der Waals surface area (Å²) in [6, 6.07) is 17.7. The van der Waals surface area contributed by atoms with E-state index in [4.69, 9.17) is 14.7 Å². The first-order chi connectivity index (χ1) is 10.7. The molecule has 0 bridgehead atoms. The molecule has 3 nitrogen and oxygen atoms in total. The van der Waals surface area contributed by atoms with Crippen LogP contribution in [0.25, 0.3) is 0 Å². The SMILES string of the molecule is CB1OCc2cc(Oc3ccccc3)ccc21.CC.CC#N.[CH3-].[Rb+]. The van der Waals surface area contributed by atoms with E-state index in [1.165, 1.54) is 17.9 Å². The number of nitrogens with zero attached hydrogens (tertiary/aromatic N) is 1. The summed E-state index contributed by atoms with van der Waals surface area (Å²) >= 11 is 0. The molecule has 0 aromatic heterocycles. The van der Waals surface area contributed by atoms with Crippen molar-refractivity contribution >= 4 is 12.4 Å². The average molecular weight is 396 g/mol. The van der Waals surface area contributed by atoms with Crippen LogP contribution in [0.2, 0.25) is 6.82 Å². The standard InChI is InChI=1S/C14H13BO2.C2H3N.C2H6.CH3.Rb/c1-15-14-8-7-13(9-11(14)10-16-15)17-12-5-3-2-4-6-12;1-2-3;1-2;;/h2-9H,10H2,1H3;1H3;1-2H3;1H3;/q;;;-1;+1. The first kappa shape index (κ1) is 25.8. The molecule has 0 saturated heterocycles. The van der Waals surface area contributed by atoms with Crippen LogP contribution in [0.1, 0.15) is 26.3 Å². The van der Waals surface area contributed by atoms with Crippen LogP contribution < -0.4 is 68.4 Å². The van der Waals surface area contributed by atoms with Gasteiger partial charge in [0.25, 0.3) is 0 Å². The average Bonchev–Trinajstić information content (AvgIpc) is 2.92. The molecule has 2 aromatic rings. The van der Waals surface area contributed by atoms with Crippen LogP contribution in [0.5, 0.6) is 11.5 Å². The molecule has 1 heterocycles. The third-order valence-corrected chi connectivity index (χ3v) is 3.02. The summed E-state index contributed by atoms with van der Waals surface area (Å²) in [4.78, 5) is 0. The van der Waals surface area contributed by atoms with Crippen molar-refractivity contribution in [3.63, 3.8) is 0 Å². The van der Waals surface area contributed by atoms with Crippen LogP contribution in [0, 0.1) is 18.8 Å². The van der Waals surface area contributed by atoms with Crippen molar-refractivity contribution in [3.05, 3.63) is 61.5 Å². The Morgan fingerprint density at radius 1 is 1.08 bits per heavy atom. The van der Waals surface area contributed by atoms with Gasteiger partial charge >= 0.3 is 65.1 Å². The number of rotatable bonds is 2. The monoisotopic (exact) mass is 395 g/mol. The Balaban J connectivity index is 0. The van der Waals surface area contributed by atoms with Gasteiger partial charge < -0.3 is 16.8 Å². The molecule has 1 aliphatic rings. The summed E-state index contributed by atoms with van der Waals surface area (Å²) in [6.07, 6.45) is 0. The Morgan fingerprint density at radius 3 is 2.25 bits per heavy atom. The second-order valence-corrected chi connectivity index (χ2v) is 4.45. The first-order valence-corrected chi connectivity index (χ1v) is 7.52. The Morgan fingerprint density at radius 2 is 1.67 bits per heavy atom. The van der Waals surface area contributed by atoms with Crippen molar-refractivity contribution in [2.24, 2.45) is 0 Å². The largest absolute Gasteiger partial charge is 1.00 e. The second kappa shape index (κ2) is 14.9. The molecule has 2 aromatic carbocycles. The minimum atomic E-state index is 0. The van der Waals surface area contributed by atoms with Crippen LogP contribution in [0.4, 0.5) is 0 Å². The number of fused-ring (bicyclic) bond motifs is 1. The van der Waals surface area contributed by atoms with Gasteiger partial charge in [0.05, 0.1) is 12.7 Å². The van der Waals surface area contributed by atoms with Crippen LogP contribution >= 0.6 is 0 Å². The fraction of sp³-hybridized carbons (Fsp3) is 0.263. The van der Waals surface area contributed by atoms with E-state index in [9.17, 15) is 0 Å². The fourth-order valence-corrected chi connectivity index (χ4v) is 2.10. The quantitative estimate of drug-likeness (QED) is 0.576. The van der Waals surface area contributed by atoms with Crippen molar-refractivity contribution < 1.29 is 67.6 Å². The Labute approximate surface area is 196 Å². The smallest absolute Gasteiger partial charge is 0.457 e. The molecular formula is C19H25BNO2Rb. The molecule has 0 spiro atoms. The summed E-state index contributed by atoms with van der Waals surface area (Å²) in [5.74, 6) is 1.73. The van der Waals surface area contributed by atoms with E-state index >= 15 is 0 Å². The minimum Gasteiger partial charge on any atom is -0.457 e. The van der Waals surface area contributed by atoms with E-state index in [-0.39, 0.29) is 72.5 Å². The Kier molecular flexibility index (Phi) is 16.0. The van der Waals surface area contributed by atoms with Gasteiger partial charge in [0.2, 0.25) is 0 Å². The molecule has 3 rings (SSSR count). The van der Waals surface area contributed by atoms with E-state index in [1.54, 1.807) is 6.07 Å². The molecule has 0 aliphatic carbocycles. The summed E-state index contributed by atoms with van der Waals surface area (Å²) < 4.78 is 11.4. The third-order valence-electron chi connectivity index (χ3n) is 3.02. The number of para-hydroxylation sites is 1. The molecule has 0 atom stereocenters. The van der Waals surface area contributed by atoms with Crippen molar-refractivity contribution in [3.8, 4) is 17.6 Å². The molecule has 1 aliphatic heterocycles. The normalized spacial score (nSPS) is 10.2. The van der Waals surface area contributed by atoms with Crippen molar-refractivity contribution in [2.45, 2.75) is 34.2 Å². The van der Waals surface area contributed by atoms with E-state index in [0.29, 0.717) is 6.61 Å². The zero-order valence-electron chi connectivity index (χ0n) is 15.7. The van der Waals surface area contributed by atoms with Crippen LogP contribution in [-0.2, 0) is 11.3 Å². The van der Waals surface area contributed by atoms with Crippen molar-refractivity contribution in [1.29, 1.82) is 5.26 Å². The summed E-state index contributed by atoms with van der Waals surface area (Å²) in [5.41, 5.74) is 2.50. The maximum Gasteiger partial charge on any atom is 1.00 e. The fourth-order valence-electron chi connectivity index (χ4n) is 2.10. The molecule has 5 heteroatoms. The summed E-state index contributed by atoms with van der Waals surface area (Å²) in [6.45, 7) is 8.39. The van der Waals surface area contributed by atoms with Gasteiger partial charge in [-0.3, -0.25) is 0 Å². The van der Waals surface area contributed by atoms with Gasteiger partial charge in [-0.1, -0.05) is 44.9 Å². The van der Waals surface area contributed by atoms with Gasteiger partial charge in [-0.15, -0.1) is 0 Å². The number of benzene rings is 2. The van der Waals surface area contributed by atoms with Gasteiger partial charge in [-0.2, -0.15) is 5.26 Å². The van der Waals surface area contributed by atoms with Gasteiger partial charge in [-0.05, 0) is 35.3 Å². The summed E-state index contributed by atoms with van der Waals surface area (Å²) in [7, 11) is 0. The van der Waals surface area contributed by atoms with Crippen LogP contribution in [-0.4, -0.2) is 6.92 Å². The molecule has 122 valence electrons. The number of hydrogen-bond donors (Lipinski definition) is 0. The first-order valence-electron chi connectivity index (χ1n) is 7.52. The van der Waals surface area contributed by atoms with Gasteiger partial charge in [0.15, 0.2) is 0 Å². The maximum absolute atomic E-state index is 7.32. The molecule has 0 amide bonds.